The second kappa shape index (κ2) is 8.81. The van der Waals surface area contributed by atoms with Crippen LogP contribution in [0.15, 0.2) is 77.7 Å². The lowest BCUT2D eigenvalue weighted by molar-refractivity contribution is 0.0927. The Morgan fingerprint density at radius 3 is 2.43 bits per heavy atom. The van der Waals surface area contributed by atoms with E-state index in [0.717, 1.165) is 17.5 Å². The van der Waals surface area contributed by atoms with Crippen molar-refractivity contribution in [1.29, 1.82) is 0 Å². The van der Waals surface area contributed by atoms with E-state index in [-0.39, 0.29) is 17.3 Å². The van der Waals surface area contributed by atoms with Crippen LogP contribution in [0, 0.1) is 5.92 Å². The molecule has 0 saturated heterocycles. The number of rotatable bonds is 7. The average molecular weight is 375 g/mol. The molecule has 4 heteroatoms. The number of ketones is 1. The molecule has 3 aromatic rings. The average Bonchev–Trinajstić information content (AvgIpc) is 2.74. The first kappa shape index (κ1) is 19.8. The molecule has 2 unspecified atom stereocenters. The highest BCUT2D eigenvalue weighted by molar-refractivity contribution is 5.97. The normalized spacial score (nSPS) is 13.1. The van der Waals surface area contributed by atoms with Crippen LogP contribution >= 0.6 is 0 Å². The van der Waals surface area contributed by atoms with Crippen LogP contribution < -0.4 is 5.56 Å². The molecule has 0 aliphatic rings. The predicted octanol–water partition coefficient (Wildman–Crippen LogP) is 4.21. The molecule has 0 bridgehead atoms. The fourth-order valence-corrected chi connectivity index (χ4v) is 3.12. The highest BCUT2D eigenvalue weighted by atomic mass is 16.3. The molecule has 4 nitrogen and oxygen atoms in total. The maximum absolute atomic E-state index is 12.4. The number of aliphatic hydroxyl groups excluding tert-OH is 1. The Kier molecular flexibility index (Phi) is 6.22. The molecule has 0 fully saturated rings. The summed E-state index contributed by atoms with van der Waals surface area (Å²) in [4.78, 5) is 24.3. The van der Waals surface area contributed by atoms with E-state index in [1.54, 1.807) is 29.0 Å². The third-order valence-corrected chi connectivity index (χ3v) is 5.09. The number of carbonyl (C=O) groups is 1. The van der Waals surface area contributed by atoms with Crippen LogP contribution in [-0.4, -0.2) is 15.5 Å². The van der Waals surface area contributed by atoms with Gasteiger partial charge in [0.15, 0.2) is 5.78 Å². The van der Waals surface area contributed by atoms with Gasteiger partial charge in [-0.05, 0) is 35.2 Å². The monoisotopic (exact) mass is 375 g/mol. The number of hydrogen-bond acceptors (Lipinski definition) is 3. The van der Waals surface area contributed by atoms with Crippen LogP contribution in [0.4, 0.5) is 0 Å². The lowest BCUT2D eigenvalue weighted by Crippen LogP contribution is -2.18. The summed E-state index contributed by atoms with van der Waals surface area (Å²) < 4.78 is 1.63. The van der Waals surface area contributed by atoms with Gasteiger partial charge in [-0.1, -0.05) is 62.4 Å². The molecule has 2 atom stereocenters. The summed E-state index contributed by atoms with van der Waals surface area (Å²) in [6, 6.07) is 19.8. The zero-order valence-corrected chi connectivity index (χ0v) is 16.2. The summed E-state index contributed by atoms with van der Waals surface area (Å²) in [5.41, 5.74) is 3.00. The molecule has 0 saturated carbocycles. The number of carbonyl (C=O) groups excluding carboxylic acids is 1. The summed E-state index contributed by atoms with van der Waals surface area (Å²) in [7, 11) is 0. The minimum atomic E-state index is -0.807. The third kappa shape index (κ3) is 4.46. The standard InChI is InChI=1S/C24H25NO3/c1-3-17(2)23(27)20-7-6-8-21(15-20)24(28)19-12-10-18(11-13-19)16-25-14-5-4-9-22(25)26/h4-15,17,24,28H,3,16H2,1-2H3. The van der Waals surface area contributed by atoms with Crippen LogP contribution in [0.25, 0.3) is 0 Å². The Bertz CT molecular complexity index is 1000. The zero-order valence-electron chi connectivity index (χ0n) is 16.2. The van der Waals surface area contributed by atoms with Crippen molar-refractivity contribution in [2.45, 2.75) is 32.9 Å². The highest BCUT2D eigenvalue weighted by Crippen LogP contribution is 2.24. The van der Waals surface area contributed by atoms with Gasteiger partial charge in [0, 0.05) is 23.7 Å². The van der Waals surface area contributed by atoms with Crippen LogP contribution in [0.3, 0.4) is 0 Å². The summed E-state index contributed by atoms with van der Waals surface area (Å²) in [6.07, 6.45) is 1.74. The van der Waals surface area contributed by atoms with Gasteiger partial charge in [-0.2, -0.15) is 0 Å². The molecule has 0 radical (unpaired) electrons. The first-order valence-corrected chi connectivity index (χ1v) is 9.56. The van der Waals surface area contributed by atoms with E-state index in [0.29, 0.717) is 17.7 Å². The number of Topliss-reactive ketones (excluding diaryl/α,β-unsaturated/α-hetero) is 1. The van der Waals surface area contributed by atoms with Crippen molar-refractivity contribution in [3.63, 3.8) is 0 Å². The Morgan fingerprint density at radius 1 is 1.00 bits per heavy atom. The maximum Gasteiger partial charge on any atom is 0.250 e. The largest absolute Gasteiger partial charge is 0.384 e. The Labute approximate surface area is 165 Å². The summed E-state index contributed by atoms with van der Waals surface area (Å²) in [5, 5.41) is 10.8. The van der Waals surface area contributed by atoms with Crippen molar-refractivity contribution in [2.75, 3.05) is 0 Å². The smallest absolute Gasteiger partial charge is 0.250 e. The van der Waals surface area contributed by atoms with E-state index in [1.165, 1.54) is 6.07 Å². The van der Waals surface area contributed by atoms with Gasteiger partial charge in [-0.25, -0.2) is 0 Å². The van der Waals surface area contributed by atoms with E-state index in [9.17, 15) is 14.7 Å². The van der Waals surface area contributed by atoms with Gasteiger partial charge < -0.3 is 9.67 Å². The van der Waals surface area contributed by atoms with Crippen LogP contribution in [-0.2, 0) is 6.54 Å². The quantitative estimate of drug-likeness (QED) is 0.630. The van der Waals surface area contributed by atoms with E-state index in [2.05, 4.69) is 0 Å². The summed E-state index contributed by atoms with van der Waals surface area (Å²) in [5.74, 6) is 0.0632. The van der Waals surface area contributed by atoms with E-state index in [4.69, 9.17) is 0 Å². The minimum absolute atomic E-state index is 0.0342. The van der Waals surface area contributed by atoms with Crippen molar-refractivity contribution in [1.82, 2.24) is 4.57 Å². The van der Waals surface area contributed by atoms with Gasteiger partial charge in [-0.3, -0.25) is 9.59 Å². The molecule has 0 aliphatic heterocycles. The first-order valence-electron chi connectivity index (χ1n) is 9.56. The number of aromatic nitrogens is 1. The molecule has 1 N–H and O–H groups in total. The van der Waals surface area contributed by atoms with Crippen LogP contribution in [0.2, 0.25) is 0 Å². The van der Waals surface area contributed by atoms with Crippen molar-refractivity contribution in [3.8, 4) is 0 Å². The maximum atomic E-state index is 12.4. The number of hydrogen-bond donors (Lipinski definition) is 1. The molecule has 0 amide bonds. The number of benzene rings is 2. The topological polar surface area (TPSA) is 59.3 Å². The van der Waals surface area contributed by atoms with Crippen LogP contribution in [0.1, 0.15) is 53.4 Å². The molecule has 0 spiro atoms. The molecule has 3 rings (SSSR count). The Balaban J connectivity index is 1.78. The molecular weight excluding hydrogens is 350 g/mol. The summed E-state index contributed by atoms with van der Waals surface area (Å²) >= 11 is 0. The van der Waals surface area contributed by atoms with Gasteiger partial charge >= 0.3 is 0 Å². The molecule has 1 aromatic heterocycles. The van der Waals surface area contributed by atoms with E-state index >= 15 is 0 Å². The molecular formula is C24H25NO3. The second-order valence-corrected chi connectivity index (χ2v) is 7.11. The van der Waals surface area contributed by atoms with Gasteiger partial charge in [-0.15, -0.1) is 0 Å². The fraction of sp³-hybridized carbons (Fsp3) is 0.250. The predicted molar refractivity (Wildman–Crippen MR) is 111 cm³/mol. The Hall–Kier alpha value is -2.98. The fourth-order valence-electron chi connectivity index (χ4n) is 3.12. The number of pyridine rings is 1. The molecule has 0 aliphatic carbocycles. The molecule has 1 heterocycles. The first-order chi connectivity index (χ1) is 13.5. The lowest BCUT2D eigenvalue weighted by atomic mass is 9.93. The minimum Gasteiger partial charge on any atom is -0.384 e. The lowest BCUT2D eigenvalue weighted by Gasteiger charge is -2.14. The number of aliphatic hydroxyl groups is 1. The second-order valence-electron chi connectivity index (χ2n) is 7.11. The Morgan fingerprint density at radius 2 is 1.75 bits per heavy atom. The molecule has 2 aromatic carbocycles. The molecule has 28 heavy (non-hydrogen) atoms. The van der Waals surface area contributed by atoms with Crippen molar-refractivity contribution < 1.29 is 9.90 Å². The van der Waals surface area contributed by atoms with Gasteiger partial charge in [0.2, 0.25) is 0 Å². The SMILES string of the molecule is CCC(C)C(=O)c1cccc(C(O)c2ccc(Cn3ccccc3=O)cc2)c1. The third-order valence-electron chi connectivity index (χ3n) is 5.09. The van der Waals surface area contributed by atoms with Gasteiger partial charge in [0.25, 0.3) is 5.56 Å². The van der Waals surface area contributed by atoms with Gasteiger partial charge in [0.05, 0.1) is 6.54 Å². The van der Waals surface area contributed by atoms with E-state index < -0.39 is 6.10 Å². The van der Waals surface area contributed by atoms with Crippen molar-refractivity contribution in [2.24, 2.45) is 5.92 Å². The highest BCUT2D eigenvalue weighted by Gasteiger charge is 2.16. The van der Waals surface area contributed by atoms with E-state index in [1.807, 2.05) is 56.3 Å². The number of nitrogens with zero attached hydrogens (tertiary/aromatic N) is 1. The van der Waals surface area contributed by atoms with Crippen LogP contribution in [0.5, 0.6) is 0 Å². The zero-order chi connectivity index (χ0) is 20.1. The van der Waals surface area contributed by atoms with Crippen molar-refractivity contribution >= 4 is 5.78 Å². The van der Waals surface area contributed by atoms with Gasteiger partial charge in [0.1, 0.15) is 6.10 Å². The molecule has 144 valence electrons. The van der Waals surface area contributed by atoms with Crippen molar-refractivity contribution in [3.05, 3.63) is 106 Å². The summed E-state index contributed by atoms with van der Waals surface area (Å²) in [6.45, 7) is 4.39.